The predicted octanol–water partition coefficient (Wildman–Crippen LogP) is 7.01. The Kier molecular flexibility index (Phi) is 7.55. The number of furan rings is 1. The fraction of sp³-hybridized carbons (Fsp3) is 0.0606. The maximum atomic E-state index is 13.4. The molecule has 0 spiro atoms. The van der Waals surface area contributed by atoms with Crippen molar-refractivity contribution in [1.82, 2.24) is 0 Å². The van der Waals surface area contributed by atoms with Gasteiger partial charge < -0.3 is 18.6 Å². The highest BCUT2D eigenvalue weighted by molar-refractivity contribution is 6.10. The summed E-state index contributed by atoms with van der Waals surface area (Å²) in [5.41, 5.74) is 3.14. The highest BCUT2D eigenvalue weighted by Gasteiger charge is 2.24. The van der Waals surface area contributed by atoms with E-state index in [-0.39, 0.29) is 17.1 Å². The average molecular weight is 533 g/mol. The predicted molar refractivity (Wildman–Crippen MR) is 151 cm³/mol. The Morgan fingerprint density at radius 3 is 2.08 bits per heavy atom. The first-order valence-electron chi connectivity index (χ1n) is 12.4. The van der Waals surface area contributed by atoms with Crippen LogP contribution in [0.15, 0.2) is 108 Å². The number of fused-ring (bicyclic) bond motifs is 1. The second kappa shape index (κ2) is 11.5. The van der Waals surface area contributed by atoms with Gasteiger partial charge in [0, 0.05) is 16.5 Å². The minimum Gasteiger partial charge on any atom is -0.497 e. The quantitative estimate of drug-likeness (QED) is 0.0918. The molecule has 0 unspecified atom stereocenters. The number of ether oxygens (including phenoxy) is 3. The minimum atomic E-state index is -0.597. The van der Waals surface area contributed by atoms with Gasteiger partial charge in [-0.1, -0.05) is 48.5 Å². The molecule has 0 saturated heterocycles. The van der Waals surface area contributed by atoms with E-state index in [9.17, 15) is 14.4 Å². The molecule has 0 fully saturated rings. The number of methoxy groups -OCH3 is 2. The summed E-state index contributed by atoms with van der Waals surface area (Å²) >= 11 is 0. The van der Waals surface area contributed by atoms with Gasteiger partial charge in [-0.3, -0.25) is 4.79 Å². The largest absolute Gasteiger partial charge is 0.497 e. The van der Waals surface area contributed by atoms with Crippen LogP contribution in [0.4, 0.5) is 0 Å². The summed E-state index contributed by atoms with van der Waals surface area (Å²) < 4.78 is 21.8. The van der Waals surface area contributed by atoms with Crippen LogP contribution in [0.2, 0.25) is 0 Å². The smallest absolute Gasteiger partial charge is 0.348 e. The Morgan fingerprint density at radius 1 is 0.725 bits per heavy atom. The van der Waals surface area contributed by atoms with Gasteiger partial charge in [-0.2, -0.15) is 0 Å². The van der Waals surface area contributed by atoms with Crippen LogP contribution in [0, 0.1) is 0 Å². The zero-order chi connectivity index (χ0) is 28.1. The van der Waals surface area contributed by atoms with Crippen molar-refractivity contribution in [3.05, 3.63) is 125 Å². The van der Waals surface area contributed by atoms with E-state index in [2.05, 4.69) is 4.74 Å². The molecule has 0 atom stereocenters. The van der Waals surface area contributed by atoms with E-state index < -0.39 is 11.9 Å². The number of carbonyl (C=O) groups excluding carboxylic acids is 3. The van der Waals surface area contributed by atoms with E-state index >= 15 is 0 Å². The Balaban J connectivity index is 1.34. The van der Waals surface area contributed by atoms with Crippen LogP contribution in [0.3, 0.4) is 0 Å². The zero-order valence-electron chi connectivity index (χ0n) is 21.8. The van der Waals surface area contributed by atoms with Gasteiger partial charge in [0.25, 0.3) is 0 Å². The van der Waals surface area contributed by atoms with Crippen molar-refractivity contribution in [3.63, 3.8) is 0 Å². The highest BCUT2D eigenvalue weighted by atomic mass is 16.5. The molecule has 0 aliphatic heterocycles. The number of esters is 2. The average Bonchev–Trinajstić information content (AvgIpc) is 3.39. The van der Waals surface area contributed by atoms with Gasteiger partial charge in [-0.15, -0.1) is 0 Å². The third-order valence-corrected chi connectivity index (χ3v) is 6.24. The van der Waals surface area contributed by atoms with Crippen molar-refractivity contribution in [3.8, 4) is 22.8 Å². The van der Waals surface area contributed by atoms with Gasteiger partial charge in [0.05, 0.1) is 19.8 Å². The van der Waals surface area contributed by atoms with E-state index in [4.69, 9.17) is 13.9 Å². The summed E-state index contributed by atoms with van der Waals surface area (Å²) in [7, 11) is 2.87. The van der Waals surface area contributed by atoms with Gasteiger partial charge >= 0.3 is 11.9 Å². The number of carbonyl (C=O) groups is 3. The molecule has 40 heavy (non-hydrogen) atoms. The molecule has 4 aromatic carbocycles. The first kappa shape index (κ1) is 26.2. The van der Waals surface area contributed by atoms with E-state index in [1.165, 1.54) is 13.2 Å². The monoisotopic (exact) mass is 532 g/mol. The van der Waals surface area contributed by atoms with Crippen LogP contribution in [0.5, 0.6) is 11.5 Å². The van der Waals surface area contributed by atoms with Crippen LogP contribution >= 0.6 is 0 Å². The summed E-state index contributed by atoms with van der Waals surface area (Å²) in [6.45, 7) is 0. The van der Waals surface area contributed by atoms with Crippen molar-refractivity contribution in [2.75, 3.05) is 14.2 Å². The fourth-order valence-electron chi connectivity index (χ4n) is 4.16. The molecule has 0 radical (unpaired) electrons. The van der Waals surface area contributed by atoms with Gasteiger partial charge in [0.2, 0.25) is 0 Å². The lowest BCUT2D eigenvalue weighted by Crippen LogP contribution is -2.09. The topological polar surface area (TPSA) is 92.0 Å². The summed E-state index contributed by atoms with van der Waals surface area (Å²) in [4.78, 5) is 37.7. The summed E-state index contributed by atoms with van der Waals surface area (Å²) in [5.74, 6) is 0.00157. The minimum absolute atomic E-state index is 0.228. The number of ketones is 1. The zero-order valence-corrected chi connectivity index (χ0v) is 21.8. The van der Waals surface area contributed by atoms with Crippen molar-refractivity contribution < 1.29 is 33.0 Å². The van der Waals surface area contributed by atoms with Gasteiger partial charge in [0.1, 0.15) is 28.4 Å². The molecule has 5 aromatic rings. The molecule has 7 heteroatoms. The number of allylic oxidation sites excluding steroid dienone is 1. The Hall–Kier alpha value is -5.43. The van der Waals surface area contributed by atoms with Gasteiger partial charge in [0.15, 0.2) is 5.78 Å². The molecule has 0 aliphatic rings. The molecular formula is C33H24O7. The third-order valence-electron chi connectivity index (χ3n) is 6.24. The summed E-state index contributed by atoms with van der Waals surface area (Å²) in [6.07, 6.45) is 3.09. The second-order valence-corrected chi connectivity index (χ2v) is 8.76. The molecule has 0 N–H and O–H groups in total. The van der Waals surface area contributed by atoms with Gasteiger partial charge in [-0.25, -0.2) is 9.59 Å². The molecule has 1 aromatic heterocycles. The molecule has 0 amide bonds. The first-order valence-corrected chi connectivity index (χ1v) is 12.4. The maximum absolute atomic E-state index is 13.4. The Bertz CT molecular complexity index is 1710. The molecular weight excluding hydrogens is 508 g/mol. The van der Waals surface area contributed by atoms with Crippen LogP contribution in [-0.4, -0.2) is 31.9 Å². The van der Waals surface area contributed by atoms with Crippen LogP contribution in [-0.2, 0) is 4.74 Å². The molecule has 0 aliphatic carbocycles. The second-order valence-electron chi connectivity index (χ2n) is 8.76. The van der Waals surface area contributed by atoms with Crippen LogP contribution in [0.25, 0.3) is 28.4 Å². The normalized spacial score (nSPS) is 10.9. The standard InChI is InChI=1S/C33H24O7/c1-37-26-17-19-29-27(20-26)30(31(40-29)23-6-4-3-5-7-23)33(36)39-25-15-13-22(14-16-25)28(34)18-10-21-8-11-24(12-9-21)32(35)38-2/h3-20H,1-2H3. The van der Waals surface area contributed by atoms with E-state index in [0.29, 0.717) is 33.6 Å². The van der Waals surface area contributed by atoms with Crippen molar-refractivity contribution >= 4 is 34.8 Å². The molecule has 7 nitrogen and oxygen atoms in total. The molecule has 198 valence electrons. The summed E-state index contributed by atoms with van der Waals surface area (Å²) in [6, 6.07) is 27.6. The molecule has 0 saturated carbocycles. The molecule has 5 rings (SSSR count). The lowest BCUT2D eigenvalue weighted by atomic mass is 10.1. The highest BCUT2D eigenvalue weighted by Crippen LogP contribution is 2.36. The number of hydrogen-bond acceptors (Lipinski definition) is 7. The van der Waals surface area contributed by atoms with Crippen molar-refractivity contribution in [2.24, 2.45) is 0 Å². The summed E-state index contributed by atoms with van der Waals surface area (Å²) in [5, 5.41) is 0.569. The SMILES string of the molecule is COC(=O)c1ccc(C=CC(=O)c2ccc(OC(=O)c3c(-c4ccccc4)oc4ccc(OC)cc34)cc2)cc1. The maximum Gasteiger partial charge on any atom is 0.348 e. The van der Waals surface area contributed by atoms with Crippen LogP contribution < -0.4 is 9.47 Å². The van der Waals surface area contributed by atoms with Crippen LogP contribution in [0.1, 0.15) is 36.6 Å². The Labute approximate surface area is 230 Å². The van der Waals surface area contributed by atoms with E-state index in [0.717, 1.165) is 11.1 Å². The third kappa shape index (κ3) is 5.54. The van der Waals surface area contributed by atoms with Gasteiger partial charge in [-0.05, 0) is 66.2 Å². The number of rotatable bonds is 8. The number of benzene rings is 4. The molecule has 1 heterocycles. The van der Waals surface area contributed by atoms with Crippen molar-refractivity contribution in [2.45, 2.75) is 0 Å². The Morgan fingerprint density at radius 2 is 1.40 bits per heavy atom. The lowest BCUT2D eigenvalue weighted by Gasteiger charge is -2.06. The number of hydrogen-bond donors (Lipinski definition) is 0. The van der Waals surface area contributed by atoms with E-state index in [1.807, 2.05) is 30.3 Å². The van der Waals surface area contributed by atoms with E-state index in [1.54, 1.807) is 79.9 Å². The van der Waals surface area contributed by atoms with Crippen molar-refractivity contribution in [1.29, 1.82) is 0 Å². The fourth-order valence-corrected chi connectivity index (χ4v) is 4.16. The lowest BCUT2D eigenvalue weighted by molar-refractivity contribution is 0.0600. The molecule has 0 bridgehead atoms. The first-order chi connectivity index (χ1) is 19.5.